The molecule has 0 N–H and O–H groups in total. The quantitative estimate of drug-likeness (QED) is 0.399. The number of nitrogens with zero attached hydrogens (tertiary/aromatic N) is 1. The van der Waals surface area contributed by atoms with Gasteiger partial charge in [0.05, 0.1) is 11.4 Å². The highest BCUT2D eigenvalue weighted by Crippen LogP contribution is 2.29. The number of hydrogen-bond acceptors (Lipinski definition) is 3. The first-order valence-electron chi connectivity index (χ1n) is 8.23. The van der Waals surface area contributed by atoms with Crippen molar-refractivity contribution in [3.05, 3.63) is 33.7 Å². The zero-order chi connectivity index (χ0) is 14.8. The molecule has 2 aromatic rings. The number of rotatable bonds is 11. The van der Waals surface area contributed by atoms with Gasteiger partial charge in [0.1, 0.15) is 0 Å². The molecule has 0 aliphatic rings. The van der Waals surface area contributed by atoms with E-state index in [0.717, 1.165) is 6.54 Å². The van der Waals surface area contributed by atoms with E-state index in [2.05, 4.69) is 45.5 Å². The first-order valence-corrected chi connectivity index (χ1v) is 10.1. The molecule has 0 bridgehead atoms. The van der Waals surface area contributed by atoms with E-state index < -0.39 is 0 Å². The van der Waals surface area contributed by atoms with E-state index in [1.165, 1.54) is 62.7 Å². The Labute approximate surface area is 137 Å². The summed E-state index contributed by atoms with van der Waals surface area (Å²) in [4.78, 5) is 2.46. The smallest absolute Gasteiger partial charge is 0.0519 e. The van der Waals surface area contributed by atoms with Gasteiger partial charge in [-0.25, -0.2) is 0 Å². The van der Waals surface area contributed by atoms with Gasteiger partial charge < -0.3 is 4.90 Å². The van der Waals surface area contributed by atoms with Crippen LogP contribution in [-0.2, 0) is 0 Å². The van der Waals surface area contributed by atoms with E-state index in [9.17, 15) is 0 Å². The molecule has 0 aromatic carbocycles. The van der Waals surface area contributed by atoms with Crippen LogP contribution in [0.25, 0.3) is 0 Å². The van der Waals surface area contributed by atoms with Crippen molar-refractivity contribution < 1.29 is 0 Å². The Morgan fingerprint density at radius 3 is 1.76 bits per heavy atom. The lowest BCUT2D eigenvalue weighted by Crippen LogP contribution is -2.17. The molecule has 2 aromatic heterocycles. The van der Waals surface area contributed by atoms with Crippen LogP contribution in [0.3, 0.4) is 0 Å². The summed E-state index contributed by atoms with van der Waals surface area (Å²) in [5, 5.41) is 8.84. The summed E-state index contributed by atoms with van der Waals surface area (Å²) in [6.07, 6.45) is 11.1. The van der Waals surface area contributed by atoms with Gasteiger partial charge in [-0.1, -0.05) is 51.9 Å². The first kappa shape index (κ1) is 16.6. The van der Waals surface area contributed by atoms with Crippen molar-refractivity contribution in [3.63, 3.8) is 0 Å². The van der Waals surface area contributed by atoms with E-state index >= 15 is 0 Å². The summed E-state index contributed by atoms with van der Waals surface area (Å²) in [5.74, 6) is 0. The van der Waals surface area contributed by atoms with Gasteiger partial charge in [0, 0.05) is 17.3 Å². The number of unbranched alkanes of at least 4 members (excludes halogenated alkanes) is 7. The molecule has 2 rings (SSSR count). The zero-order valence-corrected chi connectivity index (χ0v) is 14.7. The van der Waals surface area contributed by atoms with E-state index in [1.807, 2.05) is 0 Å². The Bertz CT molecular complexity index is 413. The van der Waals surface area contributed by atoms with Crippen molar-refractivity contribution in [2.45, 2.75) is 58.3 Å². The summed E-state index contributed by atoms with van der Waals surface area (Å²) in [6, 6.07) is 4.46. The van der Waals surface area contributed by atoms with Crippen molar-refractivity contribution in [2.24, 2.45) is 0 Å². The molecule has 0 unspecified atom stereocenters. The van der Waals surface area contributed by atoms with Gasteiger partial charge in [-0.05, 0) is 29.3 Å². The largest absolute Gasteiger partial charge is 0.340 e. The average molecular weight is 322 g/mol. The van der Waals surface area contributed by atoms with Crippen molar-refractivity contribution in [3.8, 4) is 0 Å². The third kappa shape index (κ3) is 5.84. The molecule has 0 aliphatic carbocycles. The molecule has 21 heavy (non-hydrogen) atoms. The Hall–Kier alpha value is -0.800. The van der Waals surface area contributed by atoms with Crippen LogP contribution in [0.15, 0.2) is 33.7 Å². The second-order valence-electron chi connectivity index (χ2n) is 5.59. The molecule has 0 saturated carbocycles. The van der Waals surface area contributed by atoms with E-state index in [0.29, 0.717) is 0 Å². The van der Waals surface area contributed by atoms with Gasteiger partial charge in [0.2, 0.25) is 0 Å². The lowest BCUT2D eigenvalue weighted by Gasteiger charge is -2.22. The molecular weight excluding hydrogens is 294 g/mol. The van der Waals surface area contributed by atoms with Gasteiger partial charge >= 0.3 is 0 Å². The molecular formula is C18H27NS2. The monoisotopic (exact) mass is 321 g/mol. The molecule has 0 spiro atoms. The fourth-order valence-electron chi connectivity index (χ4n) is 2.63. The van der Waals surface area contributed by atoms with Gasteiger partial charge in [-0.2, -0.15) is 22.7 Å². The number of hydrogen-bond donors (Lipinski definition) is 0. The summed E-state index contributed by atoms with van der Waals surface area (Å²) in [7, 11) is 0. The van der Waals surface area contributed by atoms with Crippen LogP contribution in [0, 0.1) is 0 Å². The maximum absolute atomic E-state index is 2.46. The SMILES string of the molecule is CCCCCCCCCCN(c1ccsc1)c1ccsc1. The molecule has 0 radical (unpaired) electrons. The normalized spacial score (nSPS) is 10.9. The maximum Gasteiger partial charge on any atom is 0.0519 e. The topological polar surface area (TPSA) is 3.24 Å². The average Bonchev–Trinajstić information content (AvgIpc) is 3.19. The fourth-order valence-corrected chi connectivity index (χ4v) is 3.92. The molecule has 0 aliphatic heterocycles. The Morgan fingerprint density at radius 1 is 0.762 bits per heavy atom. The van der Waals surface area contributed by atoms with Gasteiger partial charge in [-0.3, -0.25) is 0 Å². The third-order valence-electron chi connectivity index (χ3n) is 3.87. The number of anilines is 2. The molecule has 116 valence electrons. The van der Waals surface area contributed by atoms with Crippen LogP contribution in [0.5, 0.6) is 0 Å². The third-order valence-corrected chi connectivity index (χ3v) is 5.21. The van der Waals surface area contributed by atoms with Crippen LogP contribution < -0.4 is 4.90 Å². The molecule has 0 saturated heterocycles. The summed E-state index contributed by atoms with van der Waals surface area (Å²) < 4.78 is 0. The summed E-state index contributed by atoms with van der Waals surface area (Å²) in [5.41, 5.74) is 2.70. The highest BCUT2D eigenvalue weighted by molar-refractivity contribution is 7.08. The summed E-state index contributed by atoms with van der Waals surface area (Å²) in [6.45, 7) is 3.42. The fraction of sp³-hybridized carbons (Fsp3) is 0.556. The van der Waals surface area contributed by atoms with Crippen LogP contribution >= 0.6 is 22.7 Å². The minimum Gasteiger partial charge on any atom is -0.340 e. The van der Waals surface area contributed by atoms with Crippen LogP contribution in [-0.4, -0.2) is 6.54 Å². The zero-order valence-electron chi connectivity index (χ0n) is 13.1. The van der Waals surface area contributed by atoms with E-state index in [4.69, 9.17) is 0 Å². The van der Waals surface area contributed by atoms with E-state index in [-0.39, 0.29) is 0 Å². The first-order chi connectivity index (χ1) is 10.4. The molecule has 3 heteroatoms. The molecule has 0 amide bonds. The predicted octanol–water partition coefficient (Wildman–Crippen LogP) is 7.09. The highest BCUT2D eigenvalue weighted by atomic mass is 32.1. The summed E-state index contributed by atoms with van der Waals surface area (Å²) >= 11 is 3.56. The molecule has 2 heterocycles. The van der Waals surface area contributed by atoms with E-state index in [1.54, 1.807) is 22.7 Å². The molecule has 0 fully saturated rings. The maximum atomic E-state index is 2.46. The van der Waals surface area contributed by atoms with Crippen molar-refractivity contribution >= 4 is 34.0 Å². The Morgan fingerprint density at radius 2 is 1.29 bits per heavy atom. The predicted molar refractivity (Wildman–Crippen MR) is 98.3 cm³/mol. The van der Waals surface area contributed by atoms with Crippen molar-refractivity contribution in [1.82, 2.24) is 0 Å². The van der Waals surface area contributed by atoms with Gasteiger partial charge in [-0.15, -0.1) is 0 Å². The minimum atomic E-state index is 1.14. The Kier molecular flexibility index (Phi) is 7.90. The Balaban J connectivity index is 1.69. The second kappa shape index (κ2) is 10.0. The number of thiophene rings is 2. The standard InChI is InChI=1S/C18H27NS2/c1-2-3-4-5-6-7-8-9-12-19(17-10-13-20-15-17)18-11-14-21-16-18/h10-11,13-16H,2-9,12H2,1H3. The minimum absolute atomic E-state index is 1.14. The lowest BCUT2D eigenvalue weighted by molar-refractivity contribution is 0.577. The molecule has 0 atom stereocenters. The second-order valence-corrected chi connectivity index (χ2v) is 7.15. The molecule has 1 nitrogen and oxygen atoms in total. The lowest BCUT2D eigenvalue weighted by atomic mass is 10.1. The van der Waals surface area contributed by atoms with Crippen LogP contribution in [0.2, 0.25) is 0 Å². The van der Waals surface area contributed by atoms with Crippen molar-refractivity contribution in [2.75, 3.05) is 11.4 Å². The van der Waals surface area contributed by atoms with Gasteiger partial charge in [0.15, 0.2) is 0 Å². The highest BCUT2D eigenvalue weighted by Gasteiger charge is 2.09. The van der Waals surface area contributed by atoms with Crippen molar-refractivity contribution in [1.29, 1.82) is 0 Å². The van der Waals surface area contributed by atoms with Crippen LogP contribution in [0.4, 0.5) is 11.4 Å². The van der Waals surface area contributed by atoms with Gasteiger partial charge in [0.25, 0.3) is 0 Å². The van der Waals surface area contributed by atoms with Crippen LogP contribution in [0.1, 0.15) is 58.3 Å².